The molecule has 0 atom stereocenters. The van der Waals surface area contributed by atoms with Gasteiger partial charge in [-0.15, -0.1) is 0 Å². The van der Waals surface area contributed by atoms with Gasteiger partial charge < -0.3 is 19.5 Å². The highest BCUT2D eigenvalue weighted by Crippen LogP contribution is 2.38. The summed E-state index contributed by atoms with van der Waals surface area (Å²) in [5, 5.41) is 3.73. The number of nitrogens with one attached hydrogen (secondary N) is 1. The fraction of sp³-hybridized carbons (Fsp3) is 0.214. The third kappa shape index (κ3) is 5.69. The van der Waals surface area contributed by atoms with Gasteiger partial charge in [0.05, 0.1) is 19.7 Å². The Balaban J connectivity index is 1.51. The van der Waals surface area contributed by atoms with Gasteiger partial charge in [-0.1, -0.05) is 41.6 Å². The van der Waals surface area contributed by atoms with Gasteiger partial charge in [-0.2, -0.15) is 0 Å². The maximum atomic E-state index is 12.5. The first kappa shape index (κ1) is 24.4. The Morgan fingerprint density at radius 2 is 1.57 bits per heavy atom. The van der Waals surface area contributed by atoms with E-state index in [-0.39, 0.29) is 5.24 Å². The monoisotopic (exact) mass is 488 g/mol. The molecule has 0 bridgehead atoms. The summed E-state index contributed by atoms with van der Waals surface area (Å²) in [5.41, 5.74) is 5.64. The molecule has 0 radical (unpaired) electrons. The molecule has 3 aromatic carbocycles. The fourth-order valence-electron chi connectivity index (χ4n) is 3.67. The maximum Gasteiger partial charge on any atom is 0.283 e. The van der Waals surface area contributed by atoms with Crippen LogP contribution in [0.3, 0.4) is 0 Å². The largest absolute Gasteiger partial charge is 0.493 e. The lowest BCUT2D eigenvalue weighted by molar-refractivity contribution is 0.269. The number of anilines is 1. The second-order valence-corrected chi connectivity index (χ2v) is 9.20. The number of pyridine rings is 1. The first-order valence-electron chi connectivity index (χ1n) is 11.2. The van der Waals surface area contributed by atoms with Crippen molar-refractivity contribution in [3.8, 4) is 23.0 Å². The number of methoxy groups -OCH3 is 2. The molecule has 6 nitrogen and oxygen atoms in total. The predicted molar refractivity (Wildman–Crippen MR) is 142 cm³/mol. The summed E-state index contributed by atoms with van der Waals surface area (Å²) < 4.78 is 17.1. The van der Waals surface area contributed by atoms with Gasteiger partial charge in [0.2, 0.25) is 0 Å². The summed E-state index contributed by atoms with van der Waals surface area (Å²) in [6, 6.07) is 17.6. The number of ether oxygens (including phenoxy) is 3. The van der Waals surface area contributed by atoms with Crippen LogP contribution >= 0.6 is 11.8 Å². The van der Waals surface area contributed by atoms with Gasteiger partial charge in [0.1, 0.15) is 11.5 Å². The van der Waals surface area contributed by atoms with E-state index in [1.54, 1.807) is 20.4 Å². The molecule has 0 saturated heterocycles. The van der Waals surface area contributed by atoms with Gasteiger partial charge in [-0.05, 0) is 61.7 Å². The number of carbonyl (C=O) groups excluding carboxylic acids is 1. The number of nitrogens with zero attached hydrogens (tertiary/aromatic N) is 1. The standard InChI is InChI=1S/C28H28N2O4S/c1-17-6-8-20(9-7-17)16-35-28(31)30-22-12-19(3)25(13-18(22)2)34-24-10-11-29-23-15-27(33-5)26(32-4)14-21(23)24/h6-15H,16H2,1-5H3,(H,30,31). The molecule has 0 aliphatic carbocycles. The molecule has 4 rings (SSSR count). The van der Waals surface area contributed by atoms with Gasteiger partial charge in [0, 0.05) is 29.1 Å². The quantitative estimate of drug-likeness (QED) is 0.292. The molecule has 4 aromatic rings. The average Bonchev–Trinajstić information content (AvgIpc) is 2.86. The van der Waals surface area contributed by atoms with Crippen LogP contribution in [0.25, 0.3) is 10.9 Å². The van der Waals surface area contributed by atoms with Crippen molar-refractivity contribution in [2.45, 2.75) is 26.5 Å². The van der Waals surface area contributed by atoms with Crippen molar-refractivity contribution >= 4 is 33.6 Å². The van der Waals surface area contributed by atoms with Gasteiger partial charge in [-0.3, -0.25) is 9.78 Å². The van der Waals surface area contributed by atoms with Crippen LogP contribution < -0.4 is 19.5 Å². The highest BCUT2D eigenvalue weighted by atomic mass is 32.2. The Kier molecular flexibility index (Phi) is 7.46. The predicted octanol–water partition coefficient (Wildman–Crippen LogP) is 7.43. The normalized spacial score (nSPS) is 10.8. The number of rotatable bonds is 7. The van der Waals surface area contributed by atoms with Gasteiger partial charge in [-0.25, -0.2) is 0 Å². The summed E-state index contributed by atoms with van der Waals surface area (Å²) >= 11 is 1.25. The molecule has 35 heavy (non-hydrogen) atoms. The first-order chi connectivity index (χ1) is 16.9. The number of hydrogen-bond donors (Lipinski definition) is 1. The van der Waals surface area contributed by atoms with Gasteiger partial charge >= 0.3 is 0 Å². The minimum absolute atomic E-state index is 0.0945. The van der Waals surface area contributed by atoms with Crippen molar-refractivity contribution in [2.24, 2.45) is 0 Å². The second-order valence-electron chi connectivity index (χ2n) is 8.25. The number of fused-ring (bicyclic) bond motifs is 1. The molecule has 7 heteroatoms. The van der Waals surface area contributed by atoms with E-state index in [9.17, 15) is 4.79 Å². The van der Waals surface area contributed by atoms with Crippen LogP contribution in [0.5, 0.6) is 23.0 Å². The lowest BCUT2D eigenvalue weighted by Crippen LogP contribution is -2.07. The third-order valence-electron chi connectivity index (χ3n) is 5.68. The molecular formula is C28H28N2O4S. The molecule has 0 aliphatic heterocycles. The van der Waals surface area contributed by atoms with Crippen LogP contribution in [0.1, 0.15) is 22.3 Å². The first-order valence-corrected chi connectivity index (χ1v) is 12.2. The number of aromatic nitrogens is 1. The zero-order valence-corrected chi connectivity index (χ0v) is 21.3. The number of amides is 1. The molecule has 1 heterocycles. The number of carbonyl (C=O) groups is 1. The molecule has 0 spiro atoms. The Bertz CT molecular complexity index is 1370. The Morgan fingerprint density at radius 3 is 2.29 bits per heavy atom. The highest BCUT2D eigenvalue weighted by molar-refractivity contribution is 8.13. The second kappa shape index (κ2) is 10.7. The molecule has 0 saturated carbocycles. The van der Waals surface area contributed by atoms with E-state index in [4.69, 9.17) is 14.2 Å². The third-order valence-corrected chi connectivity index (χ3v) is 6.52. The van der Waals surface area contributed by atoms with Crippen LogP contribution in [-0.2, 0) is 5.75 Å². The highest BCUT2D eigenvalue weighted by Gasteiger charge is 2.14. The van der Waals surface area contributed by atoms with Crippen LogP contribution in [0.15, 0.2) is 60.8 Å². The number of thioether (sulfide) groups is 1. The number of hydrogen-bond acceptors (Lipinski definition) is 6. The zero-order chi connectivity index (χ0) is 24.9. The summed E-state index contributed by atoms with van der Waals surface area (Å²) in [6.07, 6.45) is 1.70. The lowest BCUT2D eigenvalue weighted by atomic mass is 10.1. The fourth-order valence-corrected chi connectivity index (χ4v) is 4.34. The van der Waals surface area contributed by atoms with Crippen LogP contribution in [-0.4, -0.2) is 24.4 Å². The molecule has 1 N–H and O–H groups in total. The topological polar surface area (TPSA) is 69.7 Å². The van der Waals surface area contributed by atoms with E-state index in [0.29, 0.717) is 28.8 Å². The van der Waals surface area contributed by atoms with E-state index in [0.717, 1.165) is 33.3 Å². The molecule has 0 aliphatic rings. The van der Waals surface area contributed by atoms with Gasteiger partial charge in [0.25, 0.3) is 5.24 Å². The average molecular weight is 489 g/mol. The molecule has 1 amide bonds. The van der Waals surface area contributed by atoms with Gasteiger partial charge in [0.15, 0.2) is 11.5 Å². The Labute approximate surface area is 209 Å². The Morgan fingerprint density at radius 1 is 0.857 bits per heavy atom. The molecule has 0 unspecified atom stereocenters. The van der Waals surface area contributed by atoms with E-state index in [1.165, 1.54) is 17.3 Å². The van der Waals surface area contributed by atoms with Crippen molar-refractivity contribution in [1.29, 1.82) is 0 Å². The SMILES string of the molecule is COc1cc2nccc(Oc3cc(C)c(NC(=O)SCc4ccc(C)cc4)cc3C)c2cc1OC. The van der Waals surface area contributed by atoms with E-state index < -0.39 is 0 Å². The van der Waals surface area contributed by atoms with Crippen LogP contribution in [0.4, 0.5) is 10.5 Å². The maximum absolute atomic E-state index is 12.5. The van der Waals surface area contributed by atoms with Crippen LogP contribution in [0.2, 0.25) is 0 Å². The van der Waals surface area contributed by atoms with Crippen molar-refractivity contribution < 1.29 is 19.0 Å². The minimum Gasteiger partial charge on any atom is -0.493 e. The summed E-state index contributed by atoms with van der Waals surface area (Å²) in [7, 11) is 3.19. The van der Waals surface area contributed by atoms with Crippen molar-refractivity contribution in [3.63, 3.8) is 0 Å². The summed E-state index contributed by atoms with van der Waals surface area (Å²) in [6.45, 7) is 5.95. The van der Waals surface area contributed by atoms with Crippen molar-refractivity contribution in [3.05, 3.63) is 83.0 Å². The molecule has 180 valence electrons. The summed E-state index contributed by atoms with van der Waals surface area (Å²) in [5.74, 6) is 3.19. The smallest absolute Gasteiger partial charge is 0.283 e. The Hall–Kier alpha value is -3.71. The number of aryl methyl sites for hydroxylation is 3. The molecule has 0 fully saturated rings. The summed E-state index contributed by atoms with van der Waals surface area (Å²) in [4.78, 5) is 17.0. The van der Waals surface area contributed by atoms with Crippen LogP contribution in [0, 0.1) is 20.8 Å². The lowest BCUT2D eigenvalue weighted by Gasteiger charge is -2.16. The zero-order valence-electron chi connectivity index (χ0n) is 20.5. The molecular weight excluding hydrogens is 460 g/mol. The minimum atomic E-state index is -0.0945. The number of benzene rings is 3. The van der Waals surface area contributed by atoms with Crippen molar-refractivity contribution in [2.75, 3.05) is 19.5 Å². The van der Waals surface area contributed by atoms with E-state index >= 15 is 0 Å². The van der Waals surface area contributed by atoms with E-state index in [1.807, 2.05) is 63.2 Å². The molecule has 1 aromatic heterocycles. The van der Waals surface area contributed by atoms with Crippen molar-refractivity contribution in [1.82, 2.24) is 4.98 Å². The van der Waals surface area contributed by atoms with E-state index in [2.05, 4.69) is 22.4 Å².